The number of halogens is 4. The zero-order valence-corrected chi connectivity index (χ0v) is 13.1. The van der Waals surface area contributed by atoms with Crippen molar-refractivity contribution in [3.63, 3.8) is 0 Å². The van der Waals surface area contributed by atoms with Gasteiger partial charge in [0.1, 0.15) is 6.54 Å². The molecular formula is C15H19ClF3NO. The second-order valence-electron chi connectivity index (χ2n) is 6.19. The molecule has 0 bridgehead atoms. The molecule has 0 heterocycles. The largest absolute Gasteiger partial charge is 0.406 e. The highest BCUT2D eigenvalue weighted by molar-refractivity contribution is 6.31. The summed E-state index contributed by atoms with van der Waals surface area (Å²) in [5.74, 6) is -0.574. The summed E-state index contributed by atoms with van der Waals surface area (Å²) in [6.07, 6.45) is -4.55. The Hall–Kier alpha value is -1.23. The summed E-state index contributed by atoms with van der Waals surface area (Å²) in [5.41, 5.74) is 0.117. The van der Waals surface area contributed by atoms with Crippen molar-refractivity contribution in [2.75, 3.05) is 13.1 Å². The Morgan fingerprint density at radius 2 is 1.71 bits per heavy atom. The van der Waals surface area contributed by atoms with Crippen LogP contribution in [0.2, 0.25) is 5.02 Å². The molecule has 0 radical (unpaired) electrons. The van der Waals surface area contributed by atoms with Crippen molar-refractivity contribution in [2.45, 2.75) is 33.4 Å². The SMILES string of the molecule is CC(C)(C)CN(CC(F)(F)F)C(=O)Cc1ccccc1Cl. The lowest BCUT2D eigenvalue weighted by atomic mass is 9.95. The first kappa shape index (κ1) is 17.8. The summed E-state index contributed by atoms with van der Waals surface area (Å²) in [4.78, 5) is 13.0. The van der Waals surface area contributed by atoms with E-state index in [0.717, 1.165) is 4.90 Å². The van der Waals surface area contributed by atoms with E-state index in [1.165, 1.54) is 0 Å². The average Bonchev–Trinajstić information content (AvgIpc) is 2.27. The maximum absolute atomic E-state index is 12.6. The second-order valence-corrected chi connectivity index (χ2v) is 6.60. The maximum atomic E-state index is 12.6. The smallest absolute Gasteiger partial charge is 0.333 e. The van der Waals surface area contributed by atoms with E-state index < -0.39 is 24.0 Å². The first-order chi connectivity index (χ1) is 9.48. The third kappa shape index (κ3) is 6.85. The summed E-state index contributed by atoms with van der Waals surface area (Å²) in [6, 6.07) is 6.66. The van der Waals surface area contributed by atoms with Crippen molar-refractivity contribution in [3.8, 4) is 0 Å². The Morgan fingerprint density at radius 1 is 1.14 bits per heavy atom. The number of hydrogen-bond acceptors (Lipinski definition) is 1. The zero-order chi connectivity index (χ0) is 16.3. The lowest BCUT2D eigenvalue weighted by Crippen LogP contribution is -2.44. The number of amides is 1. The van der Waals surface area contributed by atoms with Crippen LogP contribution in [0.25, 0.3) is 0 Å². The van der Waals surface area contributed by atoms with Gasteiger partial charge in [0, 0.05) is 11.6 Å². The Bertz CT molecular complexity index is 478. The van der Waals surface area contributed by atoms with Crippen molar-refractivity contribution in [1.29, 1.82) is 0 Å². The molecule has 0 unspecified atom stereocenters. The minimum absolute atomic E-state index is 0.0375. The number of carbonyl (C=O) groups excluding carboxylic acids is 1. The quantitative estimate of drug-likeness (QED) is 0.808. The highest BCUT2D eigenvalue weighted by atomic mass is 35.5. The van der Waals surface area contributed by atoms with Crippen LogP contribution in [0.1, 0.15) is 26.3 Å². The van der Waals surface area contributed by atoms with Gasteiger partial charge in [-0.25, -0.2) is 0 Å². The van der Waals surface area contributed by atoms with Gasteiger partial charge in [-0.15, -0.1) is 0 Å². The van der Waals surface area contributed by atoms with Gasteiger partial charge in [-0.1, -0.05) is 50.6 Å². The van der Waals surface area contributed by atoms with Crippen LogP contribution in [0.3, 0.4) is 0 Å². The third-order valence-corrected chi connectivity index (χ3v) is 3.06. The third-order valence-electron chi connectivity index (χ3n) is 2.69. The second kappa shape index (κ2) is 6.69. The molecule has 1 aromatic carbocycles. The first-order valence-electron chi connectivity index (χ1n) is 6.56. The molecule has 0 fully saturated rings. The van der Waals surface area contributed by atoms with Crippen LogP contribution in [0.5, 0.6) is 0 Å². The van der Waals surface area contributed by atoms with E-state index in [9.17, 15) is 18.0 Å². The molecule has 1 amide bonds. The van der Waals surface area contributed by atoms with Crippen LogP contribution in [0.4, 0.5) is 13.2 Å². The van der Waals surface area contributed by atoms with Gasteiger partial charge in [-0.3, -0.25) is 4.79 Å². The number of nitrogens with zero attached hydrogens (tertiary/aromatic N) is 1. The molecule has 0 spiro atoms. The number of hydrogen-bond donors (Lipinski definition) is 0. The monoisotopic (exact) mass is 321 g/mol. The van der Waals surface area contributed by atoms with Crippen molar-refractivity contribution >= 4 is 17.5 Å². The standard InChI is InChI=1S/C15H19ClF3NO/c1-14(2,3)9-20(10-15(17,18)19)13(21)8-11-6-4-5-7-12(11)16/h4-7H,8-10H2,1-3H3. The van der Waals surface area contributed by atoms with Crippen LogP contribution in [0.15, 0.2) is 24.3 Å². The molecule has 0 saturated carbocycles. The molecule has 6 heteroatoms. The molecule has 0 N–H and O–H groups in total. The fraction of sp³-hybridized carbons (Fsp3) is 0.533. The van der Waals surface area contributed by atoms with E-state index in [1.54, 1.807) is 45.0 Å². The Balaban J connectivity index is 2.87. The predicted octanol–water partition coefficient (Wildman–Crippen LogP) is 4.32. The lowest BCUT2D eigenvalue weighted by molar-refractivity contribution is -0.163. The van der Waals surface area contributed by atoms with Gasteiger partial charge in [0.15, 0.2) is 0 Å². The Labute approximate surface area is 127 Å². The zero-order valence-electron chi connectivity index (χ0n) is 12.3. The van der Waals surface area contributed by atoms with E-state index in [1.807, 2.05) is 0 Å². The van der Waals surface area contributed by atoms with E-state index >= 15 is 0 Å². The van der Waals surface area contributed by atoms with Gasteiger partial charge >= 0.3 is 6.18 Å². The van der Waals surface area contributed by atoms with Gasteiger partial charge in [-0.05, 0) is 17.0 Å². The number of benzene rings is 1. The minimum atomic E-state index is -4.42. The van der Waals surface area contributed by atoms with Crippen molar-refractivity contribution in [1.82, 2.24) is 4.90 Å². The Morgan fingerprint density at radius 3 is 2.19 bits per heavy atom. The number of carbonyl (C=O) groups is 1. The van der Waals surface area contributed by atoms with E-state index in [2.05, 4.69) is 0 Å². The molecule has 0 atom stereocenters. The summed E-state index contributed by atoms with van der Waals surface area (Å²) < 4.78 is 37.9. The summed E-state index contributed by atoms with van der Waals surface area (Å²) in [5, 5.41) is 0.383. The molecule has 0 aliphatic carbocycles. The molecule has 21 heavy (non-hydrogen) atoms. The number of rotatable bonds is 4. The normalized spacial score (nSPS) is 12.3. The van der Waals surface area contributed by atoms with Crippen LogP contribution >= 0.6 is 11.6 Å². The predicted molar refractivity (Wildman–Crippen MR) is 77.2 cm³/mol. The van der Waals surface area contributed by atoms with Crippen LogP contribution in [0, 0.1) is 5.41 Å². The van der Waals surface area contributed by atoms with Crippen molar-refractivity contribution in [2.24, 2.45) is 5.41 Å². The van der Waals surface area contributed by atoms with Crippen molar-refractivity contribution < 1.29 is 18.0 Å². The maximum Gasteiger partial charge on any atom is 0.406 e. The van der Waals surface area contributed by atoms with Crippen LogP contribution in [-0.4, -0.2) is 30.1 Å². The van der Waals surface area contributed by atoms with Crippen LogP contribution < -0.4 is 0 Å². The topological polar surface area (TPSA) is 20.3 Å². The highest BCUT2D eigenvalue weighted by Gasteiger charge is 2.34. The summed E-state index contributed by atoms with van der Waals surface area (Å²) in [7, 11) is 0. The minimum Gasteiger partial charge on any atom is -0.333 e. The molecule has 0 aliphatic rings. The van der Waals surface area contributed by atoms with E-state index in [-0.39, 0.29) is 13.0 Å². The van der Waals surface area contributed by atoms with Gasteiger partial charge in [-0.2, -0.15) is 13.2 Å². The van der Waals surface area contributed by atoms with Gasteiger partial charge in [0.25, 0.3) is 0 Å². The summed E-state index contributed by atoms with van der Waals surface area (Å²) in [6.45, 7) is 4.17. The Kier molecular flexibility index (Phi) is 5.68. The van der Waals surface area contributed by atoms with Gasteiger partial charge in [0.2, 0.25) is 5.91 Å². The highest BCUT2D eigenvalue weighted by Crippen LogP contribution is 2.23. The fourth-order valence-electron chi connectivity index (χ4n) is 1.94. The van der Waals surface area contributed by atoms with Crippen LogP contribution in [-0.2, 0) is 11.2 Å². The molecule has 0 aliphatic heterocycles. The summed E-state index contributed by atoms with van der Waals surface area (Å²) >= 11 is 5.95. The van der Waals surface area contributed by atoms with Gasteiger partial charge < -0.3 is 4.90 Å². The molecule has 0 aromatic heterocycles. The molecular weight excluding hydrogens is 303 g/mol. The van der Waals surface area contributed by atoms with Gasteiger partial charge in [0.05, 0.1) is 6.42 Å². The fourth-order valence-corrected chi connectivity index (χ4v) is 2.14. The molecule has 118 valence electrons. The number of alkyl halides is 3. The van der Waals surface area contributed by atoms with E-state index in [4.69, 9.17) is 11.6 Å². The lowest BCUT2D eigenvalue weighted by Gasteiger charge is -2.30. The first-order valence-corrected chi connectivity index (χ1v) is 6.94. The molecule has 1 rings (SSSR count). The van der Waals surface area contributed by atoms with E-state index in [0.29, 0.717) is 10.6 Å². The van der Waals surface area contributed by atoms with Crippen molar-refractivity contribution in [3.05, 3.63) is 34.9 Å². The molecule has 0 saturated heterocycles. The molecule has 1 aromatic rings. The average molecular weight is 322 g/mol. The molecule has 2 nitrogen and oxygen atoms in total.